The Morgan fingerprint density at radius 3 is 1.45 bits per heavy atom. The van der Waals surface area contributed by atoms with Gasteiger partial charge in [0.25, 0.3) is 0 Å². The number of aromatic nitrogens is 3. The van der Waals surface area contributed by atoms with E-state index in [-0.39, 0.29) is 5.82 Å². The van der Waals surface area contributed by atoms with E-state index in [2.05, 4.69) is 104 Å². The predicted octanol–water partition coefficient (Wildman–Crippen LogP) is 11.9. The molecule has 0 aliphatic rings. The van der Waals surface area contributed by atoms with Crippen LogP contribution in [-0.4, -0.2) is 15.0 Å². The molecule has 44 heavy (non-hydrogen) atoms. The Kier molecular flexibility index (Phi) is 12.1. The first-order chi connectivity index (χ1) is 21.2. The second kappa shape index (κ2) is 16.2. The predicted molar refractivity (Wildman–Crippen MR) is 187 cm³/mol. The highest BCUT2D eigenvalue weighted by Gasteiger charge is 2.08. The Balaban J connectivity index is 0.000000151. The number of benzene rings is 3. The molecule has 0 N–H and O–H groups in total. The van der Waals surface area contributed by atoms with Gasteiger partial charge in [-0.1, -0.05) is 120 Å². The van der Waals surface area contributed by atoms with Crippen LogP contribution < -0.4 is 0 Å². The SMILES string of the molecule is CC(C)c1cccc(-c2ccccc2)n1.CC(C)c1csc(-c2cccc(F)c2)n1.CC(C)c1csc(-c2ccccc2)n1. The molecule has 0 bridgehead atoms. The largest absolute Gasteiger partial charge is 0.253 e. The Morgan fingerprint density at radius 1 is 0.477 bits per heavy atom. The molecule has 0 atom stereocenters. The first kappa shape index (κ1) is 32.9. The standard InChI is InChI=1S/C14H15N.C12H12FNS.C12H13NS/c1-11(2)13-9-6-10-14(15-13)12-7-4-3-5-8-12;1-8(2)11-7-15-12(14-11)9-4-3-5-10(13)6-9;1-9(2)11-8-14-12(13-11)10-6-4-3-5-7-10/h3-11H,1-2H3;3-8H,1-2H3;3-9H,1-2H3. The minimum absolute atomic E-state index is 0.214. The van der Waals surface area contributed by atoms with Gasteiger partial charge in [0, 0.05) is 33.1 Å². The molecule has 6 heteroatoms. The van der Waals surface area contributed by atoms with Crippen molar-refractivity contribution in [1.82, 2.24) is 15.0 Å². The topological polar surface area (TPSA) is 38.7 Å². The molecule has 6 aromatic rings. The molecule has 3 aromatic heterocycles. The zero-order valence-electron chi connectivity index (χ0n) is 26.2. The number of thiazole rings is 2. The van der Waals surface area contributed by atoms with Gasteiger partial charge in [0.1, 0.15) is 15.8 Å². The number of rotatable bonds is 6. The van der Waals surface area contributed by atoms with Crippen molar-refractivity contribution in [3.63, 3.8) is 0 Å². The first-order valence-corrected chi connectivity index (χ1v) is 16.7. The maximum Gasteiger partial charge on any atom is 0.123 e. The molecule has 0 unspecified atom stereocenters. The van der Waals surface area contributed by atoms with E-state index >= 15 is 0 Å². The average Bonchev–Trinajstić information content (AvgIpc) is 3.74. The highest BCUT2D eigenvalue weighted by atomic mass is 32.1. The van der Waals surface area contributed by atoms with Crippen molar-refractivity contribution in [3.05, 3.63) is 137 Å². The summed E-state index contributed by atoms with van der Waals surface area (Å²) in [7, 11) is 0. The van der Waals surface area contributed by atoms with E-state index in [0.717, 1.165) is 32.7 Å². The molecule has 3 nitrogen and oxygen atoms in total. The fraction of sp³-hybridized carbons (Fsp3) is 0.237. The van der Waals surface area contributed by atoms with Crippen LogP contribution in [0.1, 0.15) is 76.4 Å². The number of pyridine rings is 1. The van der Waals surface area contributed by atoms with Gasteiger partial charge in [0.15, 0.2) is 0 Å². The molecule has 226 valence electrons. The van der Waals surface area contributed by atoms with Crippen LogP contribution in [0.3, 0.4) is 0 Å². The van der Waals surface area contributed by atoms with Crippen LogP contribution in [0.25, 0.3) is 32.4 Å². The summed E-state index contributed by atoms with van der Waals surface area (Å²) >= 11 is 3.28. The number of halogens is 1. The van der Waals surface area contributed by atoms with E-state index in [4.69, 9.17) is 0 Å². The lowest BCUT2D eigenvalue weighted by Crippen LogP contribution is -1.93. The van der Waals surface area contributed by atoms with Crippen LogP contribution in [0.15, 0.2) is 114 Å². The van der Waals surface area contributed by atoms with E-state index in [9.17, 15) is 4.39 Å². The zero-order valence-corrected chi connectivity index (χ0v) is 27.9. The molecule has 3 heterocycles. The second-order valence-electron chi connectivity index (χ2n) is 11.3. The molecule has 0 saturated carbocycles. The fourth-order valence-electron chi connectivity index (χ4n) is 4.11. The van der Waals surface area contributed by atoms with E-state index in [0.29, 0.717) is 17.8 Å². The van der Waals surface area contributed by atoms with Crippen molar-refractivity contribution in [2.75, 3.05) is 0 Å². The fourth-order valence-corrected chi connectivity index (χ4v) is 6.08. The summed E-state index contributed by atoms with van der Waals surface area (Å²) in [5.74, 6) is 1.20. The van der Waals surface area contributed by atoms with E-state index < -0.39 is 0 Å². The van der Waals surface area contributed by atoms with Crippen molar-refractivity contribution < 1.29 is 4.39 Å². The van der Waals surface area contributed by atoms with Crippen LogP contribution >= 0.6 is 22.7 Å². The van der Waals surface area contributed by atoms with Gasteiger partial charge in [-0.15, -0.1) is 22.7 Å². The Bertz CT molecular complexity index is 1710. The monoisotopic (exact) mass is 621 g/mol. The summed E-state index contributed by atoms with van der Waals surface area (Å²) in [6.07, 6.45) is 0. The van der Waals surface area contributed by atoms with Crippen LogP contribution in [0.2, 0.25) is 0 Å². The third-order valence-electron chi connectivity index (χ3n) is 6.75. The Morgan fingerprint density at radius 2 is 0.955 bits per heavy atom. The molecule has 0 spiro atoms. The summed E-state index contributed by atoms with van der Waals surface area (Å²) in [4.78, 5) is 13.7. The van der Waals surface area contributed by atoms with Gasteiger partial charge in [-0.2, -0.15) is 0 Å². The van der Waals surface area contributed by atoms with Crippen LogP contribution in [0, 0.1) is 5.82 Å². The molecule has 0 radical (unpaired) electrons. The third kappa shape index (κ3) is 9.50. The lowest BCUT2D eigenvalue weighted by atomic mass is 10.1. The molecular formula is C38H40FN3S2. The van der Waals surface area contributed by atoms with Gasteiger partial charge in [-0.05, 0) is 42.0 Å². The smallest absolute Gasteiger partial charge is 0.123 e. The molecule has 0 fully saturated rings. The van der Waals surface area contributed by atoms with Crippen molar-refractivity contribution in [2.45, 2.75) is 59.3 Å². The molecule has 0 saturated heterocycles. The molecular weight excluding hydrogens is 582 g/mol. The zero-order chi connectivity index (χ0) is 31.5. The van der Waals surface area contributed by atoms with Crippen molar-refractivity contribution in [2.24, 2.45) is 0 Å². The van der Waals surface area contributed by atoms with Crippen molar-refractivity contribution in [3.8, 4) is 32.4 Å². The summed E-state index contributed by atoms with van der Waals surface area (Å²) in [6, 6.07) is 33.4. The first-order valence-electron chi connectivity index (χ1n) is 15.0. The van der Waals surface area contributed by atoms with E-state index in [1.54, 1.807) is 28.7 Å². The van der Waals surface area contributed by atoms with Gasteiger partial charge in [-0.25, -0.2) is 14.4 Å². The molecule has 0 amide bonds. The maximum atomic E-state index is 13.0. The average molecular weight is 622 g/mol. The summed E-state index contributed by atoms with van der Waals surface area (Å²) in [6.45, 7) is 12.9. The lowest BCUT2D eigenvalue weighted by molar-refractivity contribution is 0.628. The van der Waals surface area contributed by atoms with Gasteiger partial charge in [0.2, 0.25) is 0 Å². The van der Waals surface area contributed by atoms with E-state index in [1.807, 2.05) is 47.8 Å². The molecule has 3 aromatic carbocycles. The highest BCUT2D eigenvalue weighted by Crippen LogP contribution is 2.28. The molecule has 6 rings (SSSR count). The quantitative estimate of drug-likeness (QED) is 0.186. The minimum atomic E-state index is -0.214. The third-order valence-corrected chi connectivity index (χ3v) is 8.57. The van der Waals surface area contributed by atoms with Crippen molar-refractivity contribution >= 4 is 22.7 Å². The normalized spacial score (nSPS) is 10.8. The van der Waals surface area contributed by atoms with Gasteiger partial charge < -0.3 is 0 Å². The number of hydrogen-bond acceptors (Lipinski definition) is 5. The lowest BCUT2D eigenvalue weighted by Gasteiger charge is -2.06. The number of hydrogen-bond donors (Lipinski definition) is 0. The number of nitrogens with zero attached hydrogens (tertiary/aromatic N) is 3. The van der Waals surface area contributed by atoms with Crippen LogP contribution in [-0.2, 0) is 0 Å². The van der Waals surface area contributed by atoms with E-state index in [1.165, 1.54) is 29.0 Å². The molecule has 0 aliphatic heterocycles. The molecule has 0 aliphatic carbocycles. The van der Waals surface area contributed by atoms with Gasteiger partial charge in [-0.3, -0.25) is 4.98 Å². The van der Waals surface area contributed by atoms with Gasteiger partial charge in [0.05, 0.1) is 17.1 Å². The summed E-state index contributed by atoms with van der Waals surface area (Å²) in [5.41, 5.74) is 7.71. The Hall–Kier alpha value is -4.00. The Labute approximate surface area is 269 Å². The van der Waals surface area contributed by atoms with Crippen LogP contribution in [0.5, 0.6) is 0 Å². The highest BCUT2D eigenvalue weighted by molar-refractivity contribution is 7.13. The van der Waals surface area contributed by atoms with Crippen LogP contribution in [0.4, 0.5) is 4.39 Å². The van der Waals surface area contributed by atoms with Gasteiger partial charge >= 0.3 is 0 Å². The van der Waals surface area contributed by atoms with Crippen molar-refractivity contribution in [1.29, 1.82) is 0 Å². The second-order valence-corrected chi connectivity index (χ2v) is 13.0. The summed E-state index contributed by atoms with van der Waals surface area (Å²) in [5, 5.41) is 6.19. The minimum Gasteiger partial charge on any atom is -0.253 e. The summed E-state index contributed by atoms with van der Waals surface area (Å²) < 4.78 is 13.0. The maximum absolute atomic E-state index is 13.0.